The van der Waals surface area contributed by atoms with Gasteiger partial charge in [-0.05, 0) is 44.1 Å². The minimum atomic E-state index is -4.88. The average molecular weight is 403 g/mol. The Hall–Kier alpha value is -3.80. The highest BCUT2D eigenvalue weighted by molar-refractivity contribution is 5.89. The van der Waals surface area contributed by atoms with Gasteiger partial charge >= 0.3 is 12.3 Å². The van der Waals surface area contributed by atoms with Gasteiger partial charge in [-0.3, -0.25) is 0 Å². The number of hydrogen-bond acceptors (Lipinski definition) is 5. The molecule has 0 unspecified atom stereocenters. The maximum atomic E-state index is 12.3. The first-order chi connectivity index (χ1) is 13.6. The van der Waals surface area contributed by atoms with Crippen molar-refractivity contribution in [2.75, 3.05) is 5.32 Å². The maximum Gasteiger partial charge on any atom is 0.573 e. The van der Waals surface area contributed by atoms with Crippen LogP contribution in [0.1, 0.15) is 22.8 Å². The van der Waals surface area contributed by atoms with E-state index in [9.17, 15) is 18.0 Å². The minimum absolute atomic E-state index is 0.114. The van der Waals surface area contributed by atoms with Crippen LogP contribution in [0.15, 0.2) is 54.2 Å². The molecule has 9 heteroatoms. The molecule has 2 aromatic rings. The molecule has 1 heterocycles. The van der Waals surface area contributed by atoms with Crippen LogP contribution in [0.3, 0.4) is 0 Å². The van der Waals surface area contributed by atoms with E-state index < -0.39 is 18.1 Å². The van der Waals surface area contributed by atoms with Gasteiger partial charge in [-0.25, -0.2) is 14.8 Å². The van der Waals surface area contributed by atoms with E-state index in [2.05, 4.69) is 20.0 Å². The topological polar surface area (TPSA) is 84.3 Å². The lowest BCUT2D eigenvalue weighted by atomic mass is 10.0. The SMILES string of the molecule is C#C/C(=C\C=C(/C)Nc1ncnc(-c2cccc(C(=O)O)c2)c1C)OC(F)(F)F. The molecule has 0 amide bonds. The van der Waals surface area contributed by atoms with E-state index in [1.807, 2.05) is 5.92 Å². The number of benzene rings is 1. The summed E-state index contributed by atoms with van der Waals surface area (Å²) in [5.74, 6) is 0.454. The van der Waals surface area contributed by atoms with E-state index in [-0.39, 0.29) is 5.56 Å². The van der Waals surface area contributed by atoms with E-state index in [0.29, 0.717) is 28.3 Å². The van der Waals surface area contributed by atoms with Gasteiger partial charge in [0.05, 0.1) is 11.3 Å². The molecule has 2 rings (SSSR count). The molecule has 0 bridgehead atoms. The number of terminal acetylenes is 1. The average Bonchev–Trinajstić information content (AvgIpc) is 2.66. The van der Waals surface area contributed by atoms with Gasteiger partial charge < -0.3 is 15.2 Å². The zero-order chi connectivity index (χ0) is 21.6. The molecule has 6 nitrogen and oxygen atoms in total. The normalized spacial score (nSPS) is 12.3. The molecule has 2 N–H and O–H groups in total. The second-order valence-electron chi connectivity index (χ2n) is 5.78. The predicted octanol–water partition coefficient (Wildman–Crippen LogP) is 4.52. The number of halogens is 3. The molecule has 0 fully saturated rings. The molecule has 1 aromatic heterocycles. The lowest BCUT2D eigenvalue weighted by molar-refractivity contribution is -0.302. The first kappa shape index (κ1) is 21.5. The zero-order valence-corrected chi connectivity index (χ0v) is 15.4. The van der Waals surface area contributed by atoms with Crippen LogP contribution in [0.25, 0.3) is 11.3 Å². The fraction of sp³-hybridized carbons (Fsp3) is 0.150. The number of nitrogens with one attached hydrogen (secondary N) is 1. The van der Waals surface area contributed by atoms with Crippen molar-refractivity contribution < 1.29 is 27.8 Å². The monoisotopic (exact) mass is 403 g/mol. The summed E-state index contributed by atoms with van der Waals surface area (Å²) in [6.45, 7) is 3.33. The van der Waals surface area contributed by atoms with Crippen LogP contribution in [0.4, 0.5) is 19.0 Å². The van der Waals surface area contributed by atoms with Gasteiger partial charge in [0.25, 0.3) is 0 Å². The number of nitrogens with zero attached hydrogens (tertiary/aromatic N) is 2. The number of rotatable bonds is 6. The Bertz CT molecular complexity index is 1020. The number of allylic oxidation sites excluding steroid dienone is 4. The summed E-state index contributed by atoms with van der Waals surface area (Å²) in [4.78, 5) is 19.5. The van der Waals surface area contributed by atoms with Crippen LogP contribution in [0.5, 0.6) is 0 Å². The number of carbonyl (C=O) groups is 1. The fourth-order valence-electron chi connectivity index (χ4n) is 2.33. The molecule has 0 atom stereocenters. The van der Waals surface area contributed by atoms with Gasteiger partial charge in [-0.2, -0.15) is 0 Å². The quantitative estimate of drug-likeness (QED) is 0.419. The summed E-state index contributed by atoms with van der Waals surface area (Å²) in [5, 5.41) is 12.1. The molecule has 0 saturated heterocycles. The van der Waals surface area contributed by atoms with Crippen molar-refractivity contribution in [3.8, 4) is 23.6 Å². The van der Waals surface area contributed by atoms with Gasteiger partial charge in [0.1, 0.15) is 12.1 Å². The van der Waals surface area contributed by atoms with Crippen molar-refractivity contribution in [1.29, 1.82) is 0 Å². The van der Waals surface area contributed by atoms with Crippen LogP contribution < -0.4 is 5.32 Å². The fourth-order valence-corrected chi connectivity index (χ4v) is 2.33. The zero-order valence-electron chi connectivity index (χ0n) is 15.4. The number of ether oxygens (including phenoxy) is 1. The van der Waals surface area contributed by atoms with E-state index >= 15 is 0 Å². The number of aromatic nitrogens is 2. The summed E-state index contributed by atoms with van der Waals surface area (Å²) in [6, 6.07) is 6.27. The van der Waals surface area contributed by atoms with Crippen LogP contribution >= 0.6 is 0 Å². The Morgan fingerprint density at radius 3 is 2.66 bits per heavy atom. The molecule has 0 saturated carbocycles. The lowest BCUT2D eigenvalue weighted by Gasteiger charge is -2.12. The Labute approximate surface area is 164 Å². The molecular weight excluding hydrogens is 387 g/mol. The maximum absolute atomic E-state index is 12.3. The van der Waals surface area contributed by atoms with Crippen molar-refractivity contribution in [3.05, 3.63) is 65.3 Å². The number of hydrogen-bond donors (Lipinski definition) is 2. The smallest absolute Gasteiger partial charge is 0.478 e. The van der Waals surface area contributed by atoms with Crippen LogP contribution in [0, 0.1) is 19.3 Å². The standard InChI is InChI=1S/C20H16F3N3O3/c1-4-16(29-20(21,22)23)9-8-12(2)26-18-13(3)17(24-11-25-18)14-6-5-7-15(10-14)19(27)28/h1,5-11H,2-3H3,(H,27,28)(H,24,25,26)/b12-8+,16-9+. The molecule has 0 aliphatic heterocycles. The van der Waals surface area contributed by atoms with E-state index in [1.54, 1.807) is 26.0 Å². The van der Waals surface area contributed by atoms with Crippen molar-refractivity contribution in [3.63, 3.8) is 0 Å². The first-order valence-corrected chi connectivity index (χ1v) is 8.14. The molecule has 0 spiro atoms. The summed E-state index contributed by atoms with van der Waals surface area (Å²) in [7, 11) is 0. The molecule has 0 aliphatic carbocycles. The van der Waals surface area contributed by atoms with Gasteiger partial charge in [-0.15, -0.1) is 19.6 Å². The third-order valence-corrected chi connectivity index (χ3v) is 3.64. The molecule has 0 aliphatic rings. The highest BCUT2D eigenvalue weighted by atomic mass is 19.4. The van der Waals surface area contributed by atoms with Gasteiger partial charge in [-0.1, -0.05) is 12.1 Å². The lowest BCUT2D eigenvalue weighted by Crippen LogP contribution is -2.12. The van der Waals surface area contributed by atoms with Crippen LogP contribution in [0.2, 0.25) is 0 Å². The number of anilines is 1. The highest BCUT2D eigenvalue weighted by Gasteiger charge is 2.31. The Morgan fingerprint density at radius 2 is 2.03 bits per heavy atom. The second kappa shape index (κ2) is 8.93. The molecule has 150 valence electrons. The third kappa shape index (κ3) is 6.10. The van der Waals surface area contributed by atoms with E-state index in [4.69, 9.17) is 11.5 Å². The number of aromatic carboxylic acids is 1. The minimum Gasteiger partial charge on any atom is -0.478 e. The van der Waals surface area contributed by atoms with Crippen molar-refractivity contribution in [1.82, 2.24) is 9.97 Å². The Kier molecular flexibility index (Phi) is 6.62. The van der Waals surface area contributed by atoms with E-state index in [1.165, 1.54) is 24.5 Å². The van der Waals surface area contributed by atoms with E-state index in [0.717, 1.165) is 6.08 Å². The summed E-state index contributed by atoms with van der Waals surface area (Å²) in [5.41, 5.74) is 2.27. The molecule has 29 heavy (non-hydrogen) atoms. The second-order valence-corrected chi connectivity index (χ2v) is 5.78. The first-order valence-electron chi connectivity index (χ1n) is 8.14. The summed E-state index contributed by atoms with van der Waals surface area (Å²) < 4.78 is 40.5. The Balaban J connectivity index is 2.29. The van der Waals surface area contributed by atoms with Gasteiger partial charge in [0, 0.05) is 16.8 Å². The summed E-state index contributed by atoms with van der Waals surface area (Å²) >= 11 is 0. The van der Waals surface area contributed by atoms with Crippen molar-refractivity contribution >= 4 is 11.8 Å². The number of carboxylic acid groups (broad SMARTS) is 1. The van der Waals surface area contributed by atoms with Crippen LogP contribution in [-0.4, -0.2) is 27.4 Å². The largest absolute Gasteiger partial charge is 0.573 e. The summed E-state index contributed by atoms with van der Waals surface area (Å²) in [6.07, 6.45) is 3.74. The van der Waals surface area contributed by atoms with Crippen LogP contribution in [-0.2, 0) is 4.74 Å². The highest BCUT2D eigenvalue weighted by Crippen LogP contribution is 2.26. The predicted molar refractivity (Wildman–Crippen MR) is 101 cm³/mol. The van der Waals surface area contributed by atoms with Gasteiger partial charge in [0.15, 0.2) is 5.76 Å². The number of alkyl halides is 3. The molecule has 0 radical (unpaired) electrons. The van der Waals surface area contributed by atoms with Crippen molar-refractivity contribution in [2.24, 2.45) is 0 Å². The third-order valence-electron chi connectivity index (χ3n) is 3.64. The van der Waals surface area contributed by atoms with Gasteiger partial charge in [0.2, 0.25) is 0 Å². The molecule has 1 aromatic carbocycles. The van der Waals surface area contributed by atoms with Crippen molar-refractivity contribution in [2.45, 2.75) is 20.2 Å². The molecular formula is C20H16F3N3O3. The number of carboxylic acids is 1. The Morgan fingerprint density at radius 1 is 1.31 bits per heavy atom.